The number of hydrogen-bond donors (Lipinski definition) is 2. The number of piperidine rings is 1. The van der Waals surface area contributed by atoms with E-state index in [1.54, 1.807) is 6.07 Å². The van der Waals surface area contributed by atoms with E-state index in [0.29, 0.717) is 17.7 Å². The van der Waals surface area contributed by atoms with Crippen molar-refractivity contribution in [2.45, 2.75) is 36.5 Å². The Morgan fingerprint density at radius 1 is 1.33 bits per heavy atom. The number of aliphatic hydroxyl groups excluding tert-OH is 1. The Balaban J connectivity index is 1.84. The number of likely N-dealkylation sites (tertiary alicyclic amines) is 1. The van der Waals surface area contributed by atoms with Crippen LogP contribution in [0.2, 0.25) is 0 Å². The van der Waals surface area contributed by atoms with E-state index in [9.17, 15) is 10.2 Å². The first-order valence-electron chi connectivity index (χ1n) is 7.71. The van der Waals surface area contributed by atoms with Gasteiger partial charge in [0.25, 0.3) is 0 Å². The number of rotatable bonds is 0. The third-order valence-electron chi connectivity index (χ3n) is 6.15. The monoisotopic (exact) mass is 285 g/mol. The van der Waals surface area contributed by atoms with Gasteiger partial charge in [0.05, 0.1) is 0 Å². The highest BCUT2D eigenvalue weighted by atomic mass is 16.5. The van der Waals surface area contributed by atoms with Gasteiger partial charge in [0.2, 0.25) is 0 Å². The van der Waals surface area contributed by atoms with Crippen LogP contribution in [0.5, 0.6) is 11.5 Å². The predicted octanol–water partition coefficient (Wildman–Crippen LogP) is 1.20. The molecule has 2 aliphatic heterocycles. The molecule has 1 fully saturated rings. The van der Waals surface area contributed by atoms with Crippen molar-refractivity contribution in [2.24, 2.45) is 5.92 Å². The van der Waals surface area contributed by atoms with E-state index in [1.165, 1.54) is 11.1 Å². The molecule has 0 aromatic heterocycles. The van der Waals surface area contributed by atoms with E-state index in [-0.39, 0.29) is 17.3 Å². The fourth-order valence-electron chi connectivity index (χ4n) is 5.24. The van der Waals surface area contributed by atoms with Gasteiger partial charge < -0.3 is 19.8 Å². The minimum atomic E-state index is -0.594. The minimum Gasteiger partial charge on any atom is -0.504 e. The number of phenols is 1. The standard InChI is InChI=1S/C17H19NO3/c1-18-7-6-17-10-3-5-13(20)16(17)21-15-12(19)4-2-9(14(15)17)8-11(10)18/h2-5,10-11,13,16,19-20H,6-8H2,1H3/t10?,11-,13-,16?,17+/m1/s1. The van der Waals surface area contributed by atoms with Crippen molar-refractivity contribution >= 4 is 0 Å². The zero-order valence-electron chi connectivity index (χ0n) is 12.0. The summed E-state index contributed by atoms with van der Waals surface area (Å²) in [7, 11) is 2.19. The van der Waals surface area contributed by atoms with Crippen molar-refractivity contribution in [1.82, 2.24) is 4.90 Å². The van der Waals surface area contributed by atoms with E-state index in [4.69, 9.17) is 4.74 Å². The SMILES string of the molecule is CN1CC[C@]23c4c5ccc(O)c4OC2[C@H](O)C=CC3[C@H]1C5. The van der Waals surface area contributed by atoms with Gasteiger partial charge in [-0.3, -0.25) is 0 Å². The van der Waals surface area contributed by atoms with Crippen LogP contribution in [-0.2, 0) is 11.8 Å². The topological polar surface area (TPSA) is 52.9 Å². The number of aromatic hydroxyl groups is 1. The first-order valence-corrected chi connectivity index (χ1v) is 7.71. The third-order valence-corrected chi connectivity index (χ3v) is 6.15. The van der Waals surface area contributed by atoms with Crippen molar-refractivity contribution in [3.05, 3.63) is 35.4 Å². The lowest BCUT2D eigenvalue weighted by Crippen LogP contribution is -2.64. The van der Waals surface area contributed by atoms with Gasteiger partial charge in [0.1, 0.15) is 12.2 Å². The largest absolute Gasteiger partial charge is 0.504 e. The number of nitrogens with zero attached hydrogens (tertiary/aromatic N) is 1. The Kier molecular flexibility index (Phi) is 2.08. The zero-order valence-corrected chi connectivity index (χ0v) is 12.0. The molecular weight excluding hydrogens is 266 g/mol. The molecule has 2 unspecified atom stereocenters. The Bertz CT molecular complexity index is 670. The molecular formula is C17H19NO3. The molecule has 2 heterocycles. The smallest absolute Gasteiger partial charge is 0.165 e. The fraction of sp³-hybridized carbons (Fsp3) is 0.529. The van der Waals surface area contributed by atoms with E-state index < -0.39 is 6.10 Å². The number of phenolic OH excluding ortho intramolecular Hbond substituents is 1. The van der Waals surface area contributed by atoms with Crippen LogP contribution < -0.4 is 4.74 Å². The molecule has 1 aromatic carbocycles. The Morgan fingerprint density at radius 3 is 3.05 bits per heavy atom. The highest BCUT2D eigenvalue weighted by molar-refractivity contribution is 5.61. The number of aliphatic hydroxyl groups is 1. The van der Waals surface area contributed by atoms with Gasteiger partial charge in [0, 0.05) is 22.9 Å². The lowest BCUT2D eigenvalue weighted by molar-refractivity contribution is -0.0453. The first-order chi connectivity index (χ1) is 10.1. The van der Waals surface area contributed by atoms with Crippen LogP contribution in [0.25, 0.3) is 0 Å². The predicted molar refractivity (Wildman–Crippen MR) is 77.6 cm³/mol. The molecule has 4 nitrogen and oxygen atoms in total. The Hall–Kier alpha value is -1.52. The van der Waals surface area contributed by atoms with Crippen molar-refractivity contribution < 1.29 is 14.9 Å². The lowest BCUT2D eigenvalue weighted by Gasteiger charge is -2.56. The molecule has 0 radical (unpaired) electrons. The molecule has 2 aliphatic carbocycles. The summed E-state index contributed by atoms with van der Waals surface area (Å²) in [6.07, 6.45) is 5.18. The molecule has 1 aromatic rings. The van der Waals surface area contributed by atoms with Gasteiger partial charge >= 0.3 is 0 Å². The van der Waals surface area contributed by atoms with Crippen molar-refractivity contribution in [2.75, 3.05) is 13.6 Å². The van der Waals surface area contributed by atoms with Gasteiger partial charge in [-0.15, -0.1) is 0 Å². The maximum atomic E-state index is 10.4. The minimum absolute atomic E-state index is 0.160. The average Bonchev–Trinajstić information content (AvgIpc) is 2.83. The second-order valence-corrected chi connectivity index (χ2v) is 6.93. The zero-order chi connectivity index (χ0) is 14.4. The van der Waals surface area contributed by atoms with Gasteiger partial charge in [0.15, 0.2) is 11.5 Å². The molecule has 21 heavy (non-hydrogen) atoms. The fourth-order valence-corrected chi connectivity index (χ4v) is 5.24. The summed E-state index contributed by atoms with van der Waals surface area (Å²) >= 11 is 0. The van der Waals surface area contributed by atoms with Crippen molar-refractivity contribution in [1.29, 1.82) is 0 Å². The molecule has 1 saturated heterocycles. The van der Waals surface area contributed by atoms with Crippen LogP contribution in [0, 0.1) is 5.92 Å². The maximum Gasteiger partial charge on any atom is 0.165 e. The van der Waals surface area contributed by atoms with Crippen LogP contribution in [0.3, 0.4) is 0 Å². The third kappa shape index (κ3) is 1.21. The normalized spacial score (nSPS) is 42.6. The molecule has 110 valence electrons. The summed E-state index contributed by atoms with van der Waals surface area (Å²) in [5, 5.41) is 20.6. The van der Waals surface area contributed by atoms with Gasteiger partial charge in [-0.25, -0.2) is 0 Å². The molecule has 5 rings (SSSR count). The molecule has 4 aliphatic rings. The van der Waals surface area contributed by atoms with Crippen LogP contribution in [-0.4, -0.2) is 47.0 Å². The van der Waals surface area contributed by atoms with E-state index >= 15 is 0 Å². The molecule has 2 N–H and O–H groups in total. The van der Waals surface area contributed by atoms with E-state index in [0.717, 1.165) is 19.4 Å². The van der Waals surface area contributed by atoms with Gasteiger partial charge in [-0.05, 0) is 38.1 Å². The molecule has 0 amide bonds. The molecule has 5 atom stereocenters. The summed E-state index contributed by atoms with van der Waals surface area (Å²) in [4.78, 5) is 2.43. The first kappa shape index (κ1) is 12.1. The molecule has 4 heteroatoms. The average molecular weight is 285 g/mol. The van der Waals surface area contributed by atoms with E-state index in [2.05, 4.69) is 18.0 Å². The van der Waals surface area contributed by atoms with Gasteiger partial charge in [-0.2, -0.15) is 0 Å². The summed E-state index contributed by atoms with van der Waals surface area (Å²) in [6, 6.07) is 4.23. The summed E-state index contributed by atoms with van der Waals surface area (Å²) < 4.78 is 6.09. The van der Waals surface area contributed by atoms with Crippen LogP contribution in [0.1, 0.15) is 17.5 Å². The summed E-state index contributed by atoms with van der Waals surface area (Å²) in [6.45, 7) is 1.01. The highest BCUT2D eigenvalue weighted by Gasteiger charge is 2.64. The molecule has 0 saturated carbocycles. The van der Waals surface area contributed by atoms with Crippen LogP contribution in [0.4, 0.5) is 0 Å². The van der Waals surface area contributed by atoms with Gasteiger partial charge in [-0.1, -0.05) is 18.2 Å². The maximum absolute atomic E-state index is 10.4. The quantitative estimate of drug-likeness (QED) is 0.703. The lowest BCUT2D eigenvalue weighted by atomic mass is 9.53. The highest BCUT2D eigenvalue weighted by Crippen LogP contribution is 2.62. The number of likely N-dealkylation sites (N-methyl/N-ethyl adjacent to an activating group) is 1. The Morgan fingerprint density at radius 2 is 2.19 bits per heavy atom. The van der Waals surface area contributed by atoms with Crippen molar-refractivity contribution in [3.63, 3.8) is 0 Å². The number of ether oxygens (including phenoxy) is 1. The number of benzene rings is 1. The van der Waals surface area contributed by atoms with E-state index in [1.807, 2.05) is 12.1 Å². The number of hydrogen-bond acceptors (Lipinski definition) is 4. The summed E-state index contributed by atoms with van der Waals surface area (Å²) in [5.74, 6) is 1.19. The van der Waals surface area contributed by atoms with Crippen LogP contribution >= 0.6 is 0 Å². The summed E-state index contributed by atoms with van der Waals surface area (Å²) in [5.41, 5.74) is 2.29. The molecule has 2 bridgehead atoms. The van der Waals surface area contributed by atoms with Crippen molar-refractivity contribution in [3.8, 4) is 11.5 Å². The second kappa shape index (κ2) is 3.62. The Labute approximate surface area is 123 Å². The second-order valence-electron chi connectivity index (χ2n) is 6.93. The van der Waals surface area contributed by atoms with Crippen LogP contribution in [0.15, 0.2) is 24.3 Å². The molecule has 1 spiro atoms.